The Bertz CT molecular complexity index is 1180. The number of carbonyl (C=O) groups is 1. The summed E-state index contributed by atoms with van der Waals surface area (Å²) >= 11 is 0. The highest BCUT2D eigenvalue weighted by atomic mass is 16.5. The zero-order valence-corrected chi connectivity index (χ0v) is 17.3. The number of hydrogen-bond donors (Lipinski definition) is 1. The van der Waals surface area contributed by atoms with E-state index in [0.717, 1.165) is 28.0 Å². The number of fused-ring (bicyclic) bond motifs is 1. The molecule has 0 spiro atoms. The van der Waals surface area contributed by atoms with Gasteiger partial charge in [-0.25, -0.2) is 9.67 Å². The molecule has 4 rings (SSSR count). The van der Waals surface area contributed by atoms with E-state index in [2.05, 4.69) is 46.6 Å². The molecular formula is C24H24N4O2. The number of rotatable bonds is 6. The monoisotopic (exact) mass is 400 g/mol. The number of pyridine rings is 1. The molecule has 6 nitrogen and oxygen atoms in total. The largest absolute Gasteiger partial charge is 0.497 e. The summed E-state index contributed by atoms with van der Waals surface area (Å²) in [7, 11) is 1.63. The second kappa shape index (κ2) is 8.37. The summed E-state index contributed by atoms with van der Waals surface area (Å²) in [5.74, 6) is 0.647. The Kier molecular flexibility index (Phi) is 5.48. The summed E-state index contributed by atoms with van der Waals surface area (Å²) in [5.41, 5.74) is 5.43. The molecule has 6 heteroatoms. The Labute approximate surface area is 175 Å². The third-order valence-electron chi connectivity index (χ3n) is 5.05. The van der Waals surface area contributed by atoms with Crippen LogP contribution in [0.25, 0.3) is 11.0 Å². The van der Waals surface area contributed by atoms with Crippen LogP contribution < -0.4 is 10.1 Å². The maximum absolute atomic E-state index is 12.9. The van der Waals surface area contributed by atoms with Gasteiger partial charge in [0.15, 0.2) is 5.65 Å². The third kappa shape index (κ3) is 4.17. The minimum absolute atomic E-state index is 0.142. The zero-order valence-electron chi connectivity index (χ0n) is 17.3. The van der Waals surface area contributed by atoms with Crippen LogP contribution in [0.3, 0.4) is 0 Å². The predicted octanol–water partition coefficient (Wildman–Crippen LogP) is 4.04. The van der Waals surface area contributed by atoms with Crippen molar-refractivity contribution in [2.75, 3.05) is 7.11 Å². The number of aryl methyl sites for hydroxylation is 2. The minimum Gasteiger partial charge on any atom is -0.497 e. The van der Waals surface area contributed by atoms with Gasteiger partial charge in [0.25, 0.3) is 5.91 Å². The molecule has 0 aliphatic heterocycles. The fraction of sp³-hybridized carbons (Fsp3) is 0.208. The van der Waals surface area contributed by atoms with Gasteiger partial charge in [0.2, 0.25) is 0 Å². The van der Waals surface area contributed by atoms with Crippen molar-refractivity contribution in [2.24, 2.45) is 0 Å². The second-order valence-electron chi connectivity index (χ2n) is 7.37. The summed E-state index contributed by atoms with van der Waals surface area (Å²) in [6, 6.07) is 17.8. The van der Waals surface area contributed by atoms with Crippen LogP contribution in [-0.4, -0.2) is 27.8 Å². The summed E-state index contributed by atoms with van der Waals surface area (Å²) in [4.78, 5) is 17.5. The van der Waals surface area contributed by atoms with Crippen molar-refractivity contribution in [3.05, 3.63) is 88.7 Å². The van der Waals surface area contributed by atoms with Crippen molar-refractivity contribution in [3.8, 4) is 5.75 Å². The number of nitrogens with zero attached hydrogens (tertiary/aromatic N) is 3. The summed E-state index contributed by atoms with van der Waals surface area (Å²) in [6.45, 7) is 4.99. The van der Waals surface area contributed by atoms with E-state index in [1.807, 2.05) is 41.9 Å². The van der Waals surface area contributed by atoms with Crippen LogP contribution in [0, 0.1) is 13.8 Å². The van der Waals surface area contributed by atoms with Crippen molar-refractivity contribution in [1.82, 2.24) is 20.1 Å². The highest BCUT2D eigenvalue weighted by Crippen LogP contribution is 2.20. The minimum atomic E-state index is -0.142. The number of amides is 1. The van der Waals surface area contributed by atoms with Gasteiger partial charge in [-0.3, -0.25) is 4.79 Å². The quantitative estimate of drug-likeness (QED) is 0.530. The van der Waals surface area contributed by atoms with Crippen molar-refractivity contribution < 1.29 is 9.53 Å². The molecule has 152 valence electrons. The SMILES string of the molecule is COc1ccc(CNC(=O)c2cc(C)nc3c2cnn3Cc2ccc(C)cc2)cc1. The first-order chi connectivity index (χ1) is 14.5. The van der Waals surface area contributed by atoms with Gasteiger partial charge in [0.1, 0.15) is 5.75 Å². The molecule has 0 unspecified atom stereocenters. The fourth-order valence-corrected chi connectivity index (χ4v) is 3.36. The molecule has 1 amide bonds. The number of methoxy groups -OCH3 is 1. The molecule has 2 heterocycles. The lowest BCUT2D eigenvalue weighted by Crippen LogP contribution is -2.23. The number of benzene rings is 2. The van der Waals surface area contributed by atoms with Gasteiger partial charge in [-0.15, -0.1) is 0 Å². The van der Waals surface area contributed by atoms with Crippen LogP contribution in [0.2, 0.25) is 0 Å². The number of nitrogens with one attached hydrogen (secondary N) is 1. The van der Waals surface area contributed by atoms with Crippen LogP contribution >= 0.6 is 0 Å². The molecule has 0 atom stereocenters. The molecule has 2 aromatic carbocycles. The van der Waals surface area contributed by atoms with Crippen LogP contribution in [0.5, 0.6) is 5.75 Å². The van der Waals surface area contributed by atoms with Crippen LogP contribution in [0.1, 0.15) is 32.7 Å². The Hall–Kier alpha value is -3.67. The Morgan fingerprint density at radius 2 is 1.73 bits per heavy atom. The maximum atomic E-state index is 12.9. The lowest BCUT2D eigenvalue weighted by Gasteiger charge is -2.09. The molecule has 0 aliphatic rings. The predicted molar refractivity (Wildman–Crippen MR) is 117 cm³/mol. The molecule has 0 saturated carbocycles. The summed E-state index contributed by atoms with van der Waals surface area (Å²) in [6.07, 6.45) is 1.72. The Morgan fingerprint density at radius 3 is 2.43 bits per heavy atom. The summed E-state index contributed by atoms with van der Waals surface area (Å²) < 4.78 is 7.01. The van der Waals surface area contributed by atoms with E-state index in [4.69, 9.17) is 4.74 Å². The lowest BCUT2D eigenvalue weighted by atomic mass is 10.1. The highest BCUT2D eigenvalue weighted by molar-refractivity contribution is 6.05. The van der Waals surface area contributed by atoms with Gasteiger partial charge < -0.3 is 10.1 Å². The topological polar surface area (TPSA) is 69.0 Å². The normalized spacial score (nSPS) is 10.9. The maximum Gasteiger partial charge on any atom is 0.252 e. The van der Waals surface area contributed by atoms with Crippen LogP contribution in [0.4, 0.5) is 0 Å². The van der Waals surface area contributed by atoms with E-state index in [1.165, 1.54) is 5.56 Å². The average molecular weight is 400 g/mol. The number of hydrogen-bond acceptors (Lipinski definition) is 4. The van der Waals surface area contributed by atoms with E-state index in [-0.39, 0.29) is 5.91 Å². The molecule has 2 aromatic heterocycles. The number of ether oxygens (including phenoxy) is 1. The van der Waals surface area contributed by atoms with Crippen molar-refractivity contribution in [1.29, 1.82) is 0 Å². The van der Waals surface area contributed by atoms with Crippen LogP contribution in [-0.2, 0) is 13.1 Å². The summed E-state index contributed by atoms with van der Waals surface area (Å²) in [5, 5.41) is 8.24. The zero-order chi connectivity index (χ0) is 21.1. The van der Waals surface area contributed by atoms with E-state index < -0.39 is 0 Å². The molecule has 0 fully saturated rings. The van der Waals surface area contributed by atoms with Crippen molar-refractivity contribution in [3.63, 3.8) is 0 Å². The van der Waals surface area contributed by atoms with Gasteiger partial charge >= 0.3 is 0 Å². The first-order valence-corrected chi connectivity index (χ1v) is 9.83. The van der Waals surface area contributed by atoms with Gasteiger partial charge in [-0.05, 0) is 43.2 Å². The van der Waals surface area contributed by atoms with Gasteiger partial charge in [-0.2, -0.15) is 5.10 Å². The molecule has 4 aromatic rings. The van der Waals surface area contributed by atoms with Gasteiger partial charge in [-0.1, -0.05) is 42.0 Å². The third-order valence-corrected chi connectivity index (χ3v) is 5.05. The molecule has 1 N–H and O–H groups in total. The highest BCUT2D eigenvalue weighted by Gasteiger charge is 2.16. The number of aromatic nitrogens is 3. The Balaban J connectivity index is 1.56. The first-order valence-electron chi connectivity index (χ1n) is 9.83. The molecule has 30 heavy (non-hydrogen) atoms. The van der Waals surface area contributed by atoms with E-state index >= 15 is 0 Å². The fourth-order valence-electron chi connectivity index (χ4n) is 3.36. The average Bonchev–Trinajstić information content (AvgIpc) is 3.15. The molecular weight excluding hydrogens is 376 g/mol. The molecule has 0 saturated heterocycles. The second-order valence-corrected chi connectivity index (χ2v) is 7.37. The van der Waals surface area contributed by atoms with Gasteiger partial charge in [0.05, 0.1) is 30.8 Å². The molecule has 0 aliphatic carbocycles. The van der Waals surface area contributed by atoms with Crippen molar-refractivity contribution >= 4 is 16.9 Å². The first kappa shape index (κ1) is 19.6. The standard InChI is InChI=1S/C24H24N4O2/c1-16-4-6-19(7-5-16)15-28-23-22(14-26-28)21(12-17(2)27-23)24(29)25-13-18-8-10-20(30-3)11-9-18/h4-12,14H,13,15H2,1-3H3,(H,25,29). The van der Waals surface area contributed by atoms with Gasteiger partial charge in [0, 0.05) is 12.2 Å². The lowest BCUT2D eigenvalue weighted by molar-refractivity contribution is 0.0952. The van der Waals surface area contributed by atoms with Crippen LogP contribution in [0.15, 0.2) is 60.8 Å². The van der Waals surface area contributed by atoms with E-state index in [9.17, 15) is 4.79 Å². The van der Waals surface area contributed by atoms with E-state index in [1.54, 1.807) is 13.3 Å². The van der Waals surface area contributed by atoms with E-state index in [0.29, 0.717) is 24.3 Å². The Morgan fingerprint density at radius 1 is 1.03 bits per heavy atom. The molecule has 0 bridgehead atoms. The van der Waals surface area contributed by atoms with Crippen molar-refractivity contribution in [2.45, 2.75) is 26.9 Å². The molecule has 0 radical (unpaired) electrons. The smallest absolute Gasteiger partial charge is 0.252 e. The number of carbonyl (C=O) groups excluding carboxylic acids is 1.